The Bertz CT molecular complexity index is 232. The molecular formula is C8H13F3N2O2. The number of carbonyl (C=O) groups is 1. The summed E-state index contributed by atoms with van der Waals surface area (Å²) in [5.74, 6) is -0.681. The van der Waals surface area contributed by atoms with Crippen LogP contribution in [0.4, 0.5) is 13.2 Å². The second kappa shape index (κ2) is 4.80. The van der Waals surface area contributed by atoms with E-state index in [2.05, 4.69) is 5.32 Å². The Balaban J connectivity index is 2.39. The average molecular weight is 226 g/mol. The van der Waals surface area contributed by atoms with Gasteiger partial charge in [-0.25, -0.2) is 0 Å². The third-order valence-electron chi connectivity index (χ3n) is 2.06. The highest BCUT2D eigenvalue weighted by Gasteiger charge is 2.32. The van der Waals surface area contributed by atoms with E-state index in [4.69, 9.17) is 4.74 Å². The van der Waals surface area contributed by atoms with E-state index in [1.54, 1.807) is 6.92 Å². The van der Waals surface area contributed by atoms with Gasteiger partial charge in [-0.05, 0) is 6.92 Å². The molecule has 0 unspecified atom stereocenters. The maximum atomic E-state index is 11.8. The maximum Gasteiger partial charge on any atom is 0.405 e. The van der Waals surface area contributed by atoms with Crippen LogP contribution >= 0.6 is 0 Å². The molecule has 0 saturated carbocycles. The first-order chi connectivity index (χ1) is 6.90. The first-order valence-corrected chi connectivity index (χ1v) is 4.59. The summed E-state index contributed by atoms with van der Waals surface area (Å²) in [6, 6.07) is -0.707. The van der Waals surface area contributed by atoms with Gasteiger partial charge in [-0.15, -0.1) is 0 Å². The minimum Gasteiger partial charge on any atom is -0.375 e. The fourth-order valence-electron chi connectivity index (χ4n) is 1.32. The lowest BCUT2D eigenvalue weighted by atomic mass is 10.1. The van der Waals surface area contributed by atoms with Crippen molar-refractivity contribution in [1.82, 2.24) is 10.6 Å². The molecule has 0 bridgehead atoms. The van der Waals surface area contributed by atoms with E-state index >= 15 is 0 Å². The molecule has 0 aromatic heterocycles. The standard InChI is InChI=1S/C8H13F3N2O2/c1-5-6(12-2-3-15-5)7(14)13-4-8(9,10)11/h5-6,12H,2-4H2,1H3,(H,13,14)/t5-,6+/m1/s1. The topological polar surface area (TPSA) is 50.4 Å². The van der Waals surface area contributed by atoms with Gasteiger partial charge in [0, 0.05) is 6.54 Å². The van der Waals surface area contributed by atoms with Gasteiger partial charge in [0.05, 0.1) is 12.7 Å². The Kier molecular flexibility index (Phi) is 3.92. The van der Waals surface area contributed by atoms with E-state index in [0.29, 0.717) is 13.2 Å². The van der Waals surface area contributed by atoms with Crippen molar-refractivity contribution in [3.63, 3.8) is 0 Å². The Morgan fingerprint density at radius 3 is 2.80 bits per heavy atom. The summed E-state index contributed by atoms with van der Waals surface area (Å²) in [6.45, 7) is 1.26. The molecule has 1 saturated heterocycles. The zero-order valence-electron chi connectivity index (χ0n) is 8.23. The van der Waals surface area contributed by atoms with Gasteiger partial charge in [0.1, 0.15) is 12.6 Å². The molecule has 1 aliphatic rings. The third kappa shape index (κ3) is 4.05. The number of hydrogen-bond donors (Lipinski definition) is 2. The Hall–Kier alpha value is -0.820. The summed E-state index contributed by atoms with van der Waals surface area (Å²) < 4.78 is 40.6. The monoisotopic (exact) mass is 226 g/mol. The van der Waals surface area contributed by atoms with Crippen molar-refractivity contribution < 1.29 is 22.7 Å². The smallest absolute Gasteiger partial charge is 0.375 e. The minimum absolute atomic E-state index is 0.410. The van der Waals surface area contributed by atoms with E-state index in [0.717, 1.165) is 0 Å². The van der Waals surface area contributed by atoms with Crippen molar-refractivity contribution in [1.29, 1.82) is 0 Å². The number of ether oxygens (including phenoxy) is 1. The second-order valence-corrected chi connectivity index (χ2v) is 3.34. The summed E-state index contributed by atoms with van der Waals surface area (Å²) in [4.78, 5) is 11.3. The van der Waals surface area contributed by atoms with Gasteiger partial charge >= 0.3 is 6.18 Å². The van der Waals surface area contributed by atoms with Crippen molar-refractivity contribution in [2.24, 2.45) is 0 Å². The first-order valence-electron chi connectivity index (χ1n) is 4.59. The fourth-order valence-corrected chi connectivity index (χ4v) is 1.32. The number of amides is 1. The Morgan fingerprint density at radius 1 is 1.60 bits per heavy atom. The molecule has 0 radical (unpaired) electrons. The van der Waals surface area contributed by atoms with Gasteiger partial charge in [0.15, 0.2) is 0 Å². The highest BCUT2D eigenvalue weighted by molar-refractivity contribution is 5.82. The molecule has 1 fully saturated rings. The zero-order valence-corrected chi connectivity index (χ0v) is 8.23. The lowest BCUT2D eigenvalue weighted by molar-refractivity contribution is -0.143. The molecule has 1 rings (SSSR count). The van der Waals surface area contributed by atoms with Gasteiger partial charge < -0.3 is 15.4 Å². The van der Waals surface area contributed by atoms with Crippen LogP contribution in [0.2, 0.25) is 0 Å². The summed E-state index contributed by atoms with van der Waals surface area (Å²) >= 11 is 0. The molecule has 0 aliphatic carbocycles. The van der Waals surface area contributed by atoms with Gasteiger partial charge in [-0.3, -0.25) is 4.79 Å². The predicted octanol–water partition coefficient (Wildman–Crippen LogP) is 0.0418. The van der Waals surface area contributed by atoms with Crippen LogP contribution < -0.4 is 10.6 Å². The van der Waals surface area contributed by atoms with Crippen LogP contribution in [0.5, 0.6) is 0 Å². The highest BCUT2D eigenvalue weighted by Crippen LogP contribution is 2.12. The van der Waals surface area contributed by atoms with Gasteiger partial charge in [-0.2, -0.15) is 13.2 Å². The van der Waals surface area contributed by atoms with Gasteiger partial charge in [-0.1, -0.05) is 0 Å². The minimum atomic E-state index is -4.38. The zero-order chi connectivity index (χ0) is 11.5. The maximum absolute atomic E-state index is 11.8. The van der Waals surface area contributed by atoms with Crippen molar-refractivity contribution in [3.05, 3.63) is 0 Å². The molecule has 1 amide bonds. The molecule has 15 heavy (non-hydrogen) atoms. The van der Waals surface area contributed by atoms with E-state index in [-0.39, 0.29) is 0 Å². The molecule has 7 heteroatoms. The Morgan fingerprint density at radius 2 is 2.27 bits per heavy atom. The van der Waals surface area contributed by atoms with Crippen LogP contribution in [0.1, 0.15) is 6.92 Å². The second-order valence-electron chi connectivity index (χ2n) is 3.34. The van der Waals surface area contributed by atoms with Crippen LogP contribution in [0.25, 0.3) is 0 Å². The Labute approximate surface area is 85.2 Å². The van der Waals surface area contributed by atoms with Crippen LogP contribution in [0, 0.1) is 0 Å². The molecule has 0 aromatic carbocycles. The normalized spacial score (nSPS) is 27.5. The highest BCUT2D eigenvalue weighted by atomic mass is 19.4. The summed E-state index contributed by atoms with van der Waals surface area (Å²) in [6.07, 6.45) is -4.79. The molecule has 2 atom stereocenters. The molecule has 0 spiro atoms. The van der Waals surface area contributed by atoms with Crippen LogP contribution in [-0.4, -0.2) is 43.9 Å². The largest absolute Gasteiger partial charge is 0.405 e. The van der Waals surface area contributed by atoms with Crippen molar-refractivity contribution in [2.75, 3.05) is 19.7 Å². The first kappa shape index (κ1) is 12.3. The van der Waals surface area contributed by atoms with E-state index in [1.807, 2.05) is 5.32 Å². The average Bonchev–Trinajstić information content (AvgIpc) is 2.14. The molecule has 0 aromatic rings. The SMILES string of the molecule is C[C@H]1OCCN[C@@H]1C(=O)NCC(F)(F)F. The molecule has 1 heterocycles. The van der Waals surface area contributed by atoms with Gasteiger partial charge in [0.2, 0.25) is 5.91 Å². The van der Waals surface area contributed by atoms with Crippen molar-refractivity contribution in [2.45, 2.75) is 25.2 Å². The van der Waals surface area contributed by atoms with Crippen LogP contribution in [-0.2, 0) is 9.53 Å². The number of rotatable bonds is 2. The summed E-state index contributed by atoms with van der Waals surface area (Å²) in [5, 5.41) is 4.62. The quantitative estimate of drug-likeness (QED) is 0.699. The summed E-state index contributed by atoms with van der Waals surface area (Å²) in [5.41, 5.74) is 0. The van der Waals surface area contributed by atoms with Crippen LogP contribution in [0.3, 0.4) is 0 Å². The lowest BCUT2D eigenvalue weighted by Gasteiger charge is -2.29. The van der Waals surface area contributed by atoms with E-state index < -0.39 is 30.8 Å². The molecular weight excluding hydrogens is 213 g/mol. The molecule has 2 N–H and O–H groups in total. The number of carbonyl (C=O) groups excluding carboxylic acids is 1. The number of halogens is 3. The fraction of sp³-hybridized carbons (Fsp3) is 0.875. The molecule has 4 nitrogen and oxygen atoms in total. The number of nitrogens with one attached hydrogen (secondary N) is 2. The van der Waals surface area contributed by atoms with Crippen molar-refractivity contribution in [3.8, 4) is 0 Å². The molecule has 1 aliphatic heterocycles. The van der Waals surface area contributed by atoms with E-state index in [1.165, 1.54) is 0 Å². The van der Waals surface area contributed by atoms with Gasteiger partial charge in [0.25, 0.3) is 0 Å². The third-order valence-corrected chi connectivity index (χ3v) is 2.06. The predicted molar refractivity (Wildman–Crippen MR) is 46.3 cm³/mol. The van der Waals surface area contributed by atoms with Crippen LogP contribution in [0.15, 0.2) is 0 Å². The molecule has 88 valence electrons. The number of hydrogen-bond acceptors (Lipinski definition) is 3. The van der Waals surface area contributed by atoms with E-state index in [9.17, 15) is 18.0 Å². The number of alkyl halides is 3. The lowest BCUT2D eigenvalue weighted by Crippen LogP contribution is -2.56. The number of morpholine rings is 1. The summed E-state index contributed by atoms with van der Waals surface area (Å²) in [7, 11) is 0. The van der Waals surface area contributed by atoms with Crippen molar-refractivity contribution >= 4 is 5.91 Å².